The number of nitrogens with one attached hydrogen (secondary N) is 2. The highest BCUT2D eigenvalue weighted by molar-refractivity contribution is 6.39. The fourth-order valence-corrected chi connectivity index (χ4v) is 1.17. The molecule has 0 aromatic carbocycles. The van der Waals surface area contributed by atoms with Crippen LogP contribution in [0.4, 0.5) is 0 Å². The molecule has 74 valence electrons. The Morgan fingerprint density at radius 1 is 1.64 bits per heavy atom. The van der Waals surface area contributed by atoms with Gasteiger partial charge in [0.05, 0.1) is 6.26 Å². The first kappa shape index (κ1) is 8.73. The normalized spacial score (nSPS) is 21.3. The summed E-state index contributed by atoms with van der Waals surface area (Å²) in [6.07, 6.45) is 0.624. The second-order valence-corrected chi connectivity index (χ2v) is 2.67. The zero-order chi connectivity index (χ0) is 10.1. The predicted octanol–water partition coefficient (Wildman–Crippen LogP) is 0.338. The van der Waals surface area contributed by atoms with Crippen molar-refractivity contribution in [2.24, 2.45) is 4.99 Å². The van der Waals surface area contributed by atoms with E-state index in [4.69, 9.17) is 15.0 Å². The summed E-state index contributed by atoms with van der Waals surface area (Å²) in [5.74, 6) is -0.0229. The first-order chi connectivity index (χ1) is 6.74. The van der Waals surface area contributed by atoms with E-state index in [2.05, 4.69) is 4.99 Å². The number of amidine groups is 2. The van der Waals surface area contributed by atoms with E-state index >= 15 is 0 Å². The van der Waals surface area contributed by atoms with E-state index in [1.54, 1.807) is 17.6 Å². The number of furan rings is 1. The summed E-state index contributed by atoms with van der Waals surface area (Å²) in [6.45, 7) is 0. The minimum Gasteiger partial charge on any atom is -0.465 e. The van der Waals surface area contributed by atoms with Gasteiger partial charge in [-0.2, -0.15) is 0 Å². The lowest BCUT2D eigenvalue weighted by Crippen LogP contribution is -2.33. The van der Waals surface area contributed by atoms with Crippen molar-refractivity contribution in [2.75, 3.05) is 0 Å². The molecule has 7 nitrogen and oxygen atoms in total. The van der Waals surface area contributed by atoms with E-state index in [0.29, 0.717) is 10.8 Å². The number of aliphatic imine (C=N–C) groups is 1. The molecule has 1 atom stereocenters. The summed E-state index contributed by atoms with van der Waals surface area (Å²) in [4.78, 5) is 3.82. The highest BCUT2D eigenvalue weighted by atomic mass is 16.5. The van der Waals surface area contributed by atoms with Crippen molar-refractivity contribution in [3.8, 4) is 0 Å². The zero-order valence-electron chi connectivity index (χ0n) is 7.01. The molecule has 0 unspecified atom stereocenters. The smallest absolute Gasteiger partial charge is 0.207 e. The Labute approximate surface area is 78.7 Å². The van der Waals surface area contributed by atoms with Crippen LogP contribution < -0.4 is 5.48 Å². The standard InChI is InChI=1S/C7H8N4O3/c8-5-6(10-12)9-7(11(5)13)4-2-1-3-14-4/h1-3,7-8,12-13H,(H,9,10)/t7-/m0/s1. The summed E-state index contributed by atoms with van der Waals surface area (Å²) in [5, 5.41) is 25.9. The van der Waals surface area contributed by atoms with E-state index in [-0.39, 0.29) is 11.7 Å². The zero-order valence-corrected chi connectivity index (χ0v) is 7.01. The fraction of sp³-hybridized carbons (Fsp3) is 0.143. The first-order valence-electron chi connectivity index (χ1n) is 3.82. The second-order valence-electron chi connectivity index (χ2n) is 2.67. The van der Waals surface area contributed by atoms with E-state index in [1.807, 2.05) is 0 Å². The number of hydrogen-bond acceptors (Lipinski definition) is 6. The van der Waals surface area contributed by atoms with Gasteiger partial charge in [-0.05, 0) is 12.1 Å². The molecule has 14 heavy (non-hydrogen) atoms. The van der Waals surface area contributed by atoms with Gasteiger partial charge in [-0.15, -0.1) is 0 Å². The average molecular weight is 196 g/mol. The maximum Gasteiger partial charge on any atom is 0.207 e. The van der Waals surface area contributed by atoms with Gasteiger partial charge in [-0.3, -0.25) is 15.8 Å². The molecule has 4 N–H and O–H groups in total. The Balaban J connectivity index is 2.31. The van der Waals surface area contributed by atoms with Crippen molar-refractivity contribution < 1.29 is 14.8 Å². The average Bonchev–Trinajstić information content (AvgIpc) is 2.78. The van der Waals surface area contributed by atoms with Crippen LogP contribution in [0.25, 0.3) is 0 Å². The van der Waals surface area contributed by atoms with E-state index in [1.165, 1.54) is 6.26 Å². The van der Waals surface area contributed by atoms with Crippen LogP contribution in [-0.4, -0.2) is 27.1 Å². The molecule has 1 aromatic heterocycles. The predicted molar refractivity (Wildman–Crippen MR) is 45.2 cm³/mol. The lowest BCUT2D eigenvalue weighted by atomic mass is 10.4. The molecule has 0 aliphatic carbocycles. The lowest BCUT2D eigenvalue weighted by Gasteiger charge is -2.14. The van der Waals surface area contributed by atoms with Crippen molar-refractivity contribution in [3.63, 3.8) is 0 Å². The number of hydroxylamine groups is 3. The summed E-state index contributed by atoms with van der Waals surface area (Å²) in [7, 11) is 0. The van der Waals surface area contributed by atoms with Crippen LogP contribution >= 0.6 is 0 Å². The van der Waals surface area contributed by atoms with Gasteiger partial charge in [-0.25, -0.2) is 15.5 Å². The first-order valence-corrected chi connectivity index (χ1v) is 3.82. The molecule has 1 aliphatic heterocycles. The number of nitrogens with zero attached hydrogens (tertiary/aromatic N) is 2. The summed E-state index contributed by atoms with van der Waals surface area (Å²) >= 11 is 0. The van der Waals surface area contributed by atoms with Crippen LogP contribution in [0.2, 0.25) is 0 Å². The molecule has 1 aromatic rings. The molecule has 0 fully saturated rings. The van der Waals surface area contributed by atoms with Crippen molar-refractivity contribution in [1.82, 2.24) is 10.5 Å². The van der Waals surface area contributed by atoms with Crippen LogP contribution in [0.15, 0.2) is 27.8 Å². The molecule has 0 saturated heterocycles. The van der Waals surface area contributed by atoms with E-state index in [9.17, 15) is 5.21 Å². The molecule has 2 rings (SSSR count). The Morgan fingerprint density at radius 2 is 2.43 bits per heavy atom. The highest BCUT2D eigenvalue weighted by Gasteiger charge is 2.33. The molecule has 0 radical (unpaired) electrons. The Morgan fingerprint density at radius 3 is 2.93 bits per heavy atom. The molecular formula is C7H8N4O3. The quantitative estimate of drug-likeness (QED) is 0.484. The minimum atomic E-state index is -0.813. The van der Waals surface area contributed by atoms with Gasteiger partial charge in [0.2, 0.25) is 6.17 Å². The van der Waals surface area contributed by atoms with Gasteiger partial charge < -0.3 is 4.42 Å². The van der Waals surface area contributed by atoms with Crippen molar-refractivity contribution in [2.45, 2.75) is 6.17 Å². The van der Waals surface area contributed by atoms with Gasteiger partial charge >= 0.3 is 0 Å². The van der Waals surface area contributed by atoms with Crippen molar-refractivity contribution >= 4 is 11.7 Å². The summed E-state index contributed by atoms with van der Waals surface area (Å²) < 4.78 is 5.01. The van der Waals surface area contributed by atoms with Crippen LogP contribution in [-0.2, 0) is 0 Å². The van der Waals surface area contributed by atoms with Gasteiger partial charge in [0.15, 0.2) is 17.4 Å². The molecule has 0 spiro atoms. The maximum absolute atomic E-state index is 9.41. The Kier molecular flexibility index (Phi) is 1.95. The lowest BCUT2D eigenvalue weighted by molar-refractivity contribution is -0.0514. The summed E-state index contributed by atoms with van der Waals surface area (Å²) in [5.41, 5.74) is 1.72. The number of rotatable bonds is 1. The molecule has 0 saturated carbocycles. The molecular weight excluding hydrogens is 188 g/mol. The molecule has 0 bridgehead atoms. The fourth-order valence-electron chi connectivity index (χ4n) is 1.17. The molecule has 7 heteroatoms. The topological polar surface area (TPSA) is 105 Å². The van der Waals surface area contributed by atoms with Gasteiger partial charge in [0, 0.05) is 0 Å². The molecule has 1 aliphatic rings. The Hall–Kier alpha value is -1.86. The third-order valence-electron chi connectivity index (χ3n) is 1.84. The Bertz CT molecular complexity index is 372. The van der Waals surface area contributed by atoms with Crippen molar-refractivity contribution in [3.05, 3.63) is 24.2 Å². The maximum atomic E-state index is 9.41. The second kappa shape index (κ2) is 3.13. The van der Waals surface area contributed by atoms with Crippen LogP contribution in [0.5, 0.6) is 0 Å². The third-order valence-corrected chi connectivity index (χ3v) is 1.84. The molecule has 0 amide bonds. The van der Waals surface area contributed by atoms with E-state index in [0.717, 1.165) is 0 Å². The minimum absolute atomic E-state index is 0.103. The summed E-state index contributed by atoms with van der Waals surface area (Å²) in [6, 6.07) is 3.26. The number of hydrogen-bond donors (Lipinski definition) is 4. The molecule has 2 heterocycles. The largest absolute Gasteiger partial charge is 0.465 e. The van der Waals surface area contributed by atoms with Gasteiger partial charge in [0.1, 0.15) is 0 Å². The monoisotopic (exact) mass is 196 g/mol. The van der Waals surface area contributed by atoms with E-state index < -0.39 is 6.17 Å². The van der Waals surface area contributed by atoms with Crippen LogP contribution in [0.3, 0.4) is 0 Å². The van der Waals surface area contributed by atoms with Crippen LogP contribution in [0, 0.1) is 5.41 Å². The SMILES string of the molecule is N=C1C(NO)=N[C@H](c2ccco2)N1O. The van der Waals surface area contributed by atoms with Crippen LogP contribution in [0.1, 0.15) is 11.9 Å². The third kappa shape index (κ3) is 1.15. The van der Waals surface area contributed by atoms with Gasteiger partial charge in [-0.1, -0.05) is 0 Å². The van der Waals surface area contributed by atoms with Crippen molar-refractivity contribution in [1.29, 1.82) is 5.41 Å². The highest BCUT2D eigenvalue weighted by Crippen LogP contribution is 2.25. The van der Waals surface area contributed by atoms with Gasteiger partial charge in [0.25, 0.3) is 0 Å².